The van der Waals surface area contributed by atoms with E-state index < -0.39 is 15.1 Å². The van der Waals surface area contributed by atoms with Crippen LogP contribution in [0.25, 0.3) is 0 Å². The van der Waals surface area contributed by atoms with E-state index >= 15 is 0 Å². The monoisotopic (exact) mass is 241 g/mol. The van der Waals surface area contributed by atoms with E-state index in [1.165, 1.54) is 6.26 Å². The molecule has 0 aliphatic heterocycles. The zero-order valence-electron chi connectivity index (χ0n) is 9.25. The van der Waals surface area contributed by atoms with Gasteiger partial charge in [0.15, 0.2) is 9.84 Å². The highest BCUT2D eigenvalue weighted by atomic mass is 32.2. The van der Waals surface area contributed by atoms with Gasteiger partial charge < -0.3 is 10.5 Å². The second-order valence-electron chi connectivity index (χ2n) is 4.17. The van der Waals surface area contributed by atoms with E-state index in [9.17, 15) is 8.42 Å². The summed E-state index contributed by atoms with van der Waals surface area (Å²) in [4.78, 5) is 0. The van der Waals surface area contributed by atoms with Crippen LogP contribution in [0.1, 0.15) is 11.5 Å². The molecule has 16 heavy (non-hydrogen) atoms. The molecule has 0 unspecified atom stereocenters. The van der Waals surface area contributed by atoms with Crippen LogP contribution in [0.5, 0.6) is 5.75 Å². The summed E-state index contributed by atoms with van der Waals surface area (Å²) in [5.41, 5.74) is 6.75. The van der Waals surface area contributed by atoms with Crippen molar-refractivity contribution in [3.8, 4) is 5.75 Å². The Morgan fingerprint density at radius 2 is 1.81 bits per heavy atom. The fourth-order valence-corrected chi connectivity index (χ4v) is 3.62. The molecule has 4 nitrogen and oxygen atoms in total. The normalized spacial score (nSPS) is 28.8. The molecule has 1 fully saturated rings. The standard InChI is InChI=1S/C11H15NO3S/c1-15-8-5-3-7(4-6-8)9-10(12)11(9)16(2,13)14/h3-6,9-11H,12H2,1-2H3/t9-,10+,11+/m1/s1. The summed E-state index contributed by atoms with van der Waals surface area (Å²) < 4.78 is 27.9. The van der Waals surface area contributed by atoms with Crippen molar-refractivity contribution >= 4 is 9.84 Å². The SMILES string of the molecule is COc1ccc([C@@H]2[C@H](N)[C@H]2S(C)(=O)=O)cc1. The van der Waals surface area contributed by atoms with Gasteiger partial charge in [0.05, 0.1) is 12.4 Å². The summed E-state index contributed by atoms with van der Waals surface area (Å²) in [7, 11) is -1.45. The van der Waals surface area contributed by atoms with Crippen LogP contribution in [0.3, 0.4) is 0 Å². The number of benzene rings is 1. The minimum absolute atomic E-state index is 0.0686. The molecule has 2 N–H and O–H groups in total. The molecule has 88 valence electrons. The summed E-state index contributed by atoms with van der Waals surface area (Å²) >= 11 is 0. The van der Waals surface area contributed by atoms with Crippen molar-refractivity contribution in [2.75, 3.05) is 13.4 Å². The second kappa shape index (κ2) is 3.75. The molecule has 3 atom stereocenters. The van der Waals surface area contributed by atoms with Crippen molar-refractivity contribution in [3.05, 3.63) is 29.8 Å². The van der Waals surface area contributed by atoms with Gasteiger partial charge in [0.1, 0.15) is 5.75 Å². The number of methoxy groups -OCH3 is 1. The minimum Gasteiger partial charge on any atom is -0.497 e. The third-order valence-corrected chi connectivity index (χ3v) is 4.60. The Morgan fingerprint density at radius 1 is 1.25 bits per heavy atom. The highest BCUT2D eigenvalue weighted by Crippen LogP contribution is 2.44. The Hall–Kier alpha value is -1.07. The van der Waals surface area contributed by atoms with Gasteiger partial charge in [-0.15, -0.1) is 0 Å². The average molecular weight is 241 g/mol. The first kappa shape index (κ1) is 11.4. The molecule has 0 aromatic heterocycles. The van der Waals surface area contributed by atoms with Crippen molar-refractivity contribution in [1.82, 2.24) is 0 Å². The van der Waals surface area contributed by atoms with E-state index in [0.29, 0.717) is 0 Å². The fraction of sp³-hybridized carbons (Fsp3) is 0.455. The van der Waals surface area contributed by atoms with Gasteiger partial charge in [0.25, 0.3) is 0 Å². The van der Waals surface area contributed by atoms with Crippen LogP contribution < -0.4 is 10.5 Å². The molecule has 0 radical (unpaired) electrons. The van der Waals surface area contributed by atoms with E-state index in [-0.39, 0.29) is 12.0 Å². The Kier molecular flexibility index (Phi) is 2.67. The van der Waals surface area contributed by atoms with Gasteiger partial charge in [-0.3, -0.25) is 0 Å². The molecule has 0 heterocycles. The highest BCUT2D eigenvalue weighted by molar-refractivity contribution is 7.91. The molecule has 1 saturated carbocycles. The van der Waals surface area contributed by atoms with E-state index in [4.69, 9.17) is 10.5 Å². The number of hydrogen-bond donors (Lipinski definition) is 1. The third-order valence-electron chi connectivity index (χ3n) is 3.00. The van der Waals surface area contributed by atoms with Crippen LogP contribution in [0, 0.1) is 0 Å². The lowest BCUT2D eigenvalue weighted by Gasteiger charge is -2.02. The van der Waals surface area contributed by atoms with Crippen molar-refractivity contribution in [2.45, 2.75) is 17.2 Å². The van der Waals surface area contributed by atoms with Gasteiger partial charge in [-0.1, -0.05) is 12.1 Å². The van der Waals surface area contributed by atoms with E-state index in [1.54, 1.807) is 7.11 Å². The molecular weight excluding hydrogens is 226 g/mol. The van der Waals surface area contributed by atoms with E-state index in [0.717, 1.165) is 11.3 Å². The number of nitrogens with two attached hydrogens (primary N) is 1. The number of hydrogen-bond acceptors (Lipinski definition) is 4. The maximum atomic E-state index is 11.4. The van der Waals surface area contributed by atoms with Crippen LogP contribution in [0.2, 0.25) is 0 Å². The number of ether oxygens (including phenoxy) is 1. The van der Waals surface area contributed by atoms with Crippen LogP contribution in [0.4, 0.5) is 0 Å². The lowest BCUT2D eigenvalue weighted by atomic mass is 10.1. The summed E-state index contributed by atoms with van der Waals surface area (Å²) in [6, 6.07) is 7.10. The predicted octanol–water partition coefficient (Wildman–Crippen LogP) is 0.533. The van der Waals surface area contributed by atoms with Crippen LogP contribution in [-0.2, 0) is 9.84 Å². The average Bonchev–Trinajstić information content (AvgIpc) is 2.90. The van der Waals surface area contributed by atoms with Crippen LogP contribution >= 0.6 is 0 Å². The Balaban J connectivity index is 2.21. The minimum atomic E-state index is -3.05. The van der Waals surface area contributed by atoms with Gasteiger partial charge in [-0.05, 0) is 17.7 Å². The molecule has 0 bridgehead atoms. The van der Waals surface area contributed by atoms with Gasteiger partial charge in [-0.25, -0.2) is 8.42 Å². The van der Waals surface area contributed by atoms with E-state index in [2.05, 4.69) is 0 Å². The summed E-state index contributed by atoms with van der Waals surface area (Å²) in [6.45, 7) is 0. The molecule has 0 amide bonds. The van der Waals surface area contributed by atoms with Crippen LogP contribution in [-0.4, -0.2) is 33.1 Å². The second-order valence-corrected chi connectivity index (χ2v) is 6.37. The highest BCUT2D eigenvalue weighted by Gasteiger charge is 2.54. The van der Waals surface area contributed by atoms with Crippen LogP contribution in [0.15, 0.2) is 24.3 Å². The van der Waals surface area contributed by atoms with Gasteiger partial charge in [0, 0.05) is 18.2 Å². The molecule has 1 aliphatic carbocycles. The van der Waals surface area contributed by atoms with Gasteiger partial charge >= 0.3 is 0 Å². The lowest BCUT2D eigenvalue weighted by molar-refractivity contribution is 0.414. The predicted molar refractivity (Wildman–Crippen MR) is 62.3 cm³/mol. The first-order valence-corrected chi connectivity index (χ1v) is 6.99. The molecule has 2 rings (SSSR count). The Labute approximate surface area is 95.3 Å². The zero-order valence-corrected chi connectivity index (χ0v) is 10.1. The topological polar surface area (TPSA) is 69.4 Å². The molecule has 1 aliphatic rings. The fourth-order valence-electron chi connectivity index (χ4n) is 2.10. The Morgan fingerprint density at radius 3 is 2.19 bits per heavy atom. The quantitative estimate of drug-likeness (QED) is 0.838. The number of sulfone groups is 1. The molecular formula is C11H15NO3S. The zero-order chi connectivity index (χ0) is 11.9. The Bertz CT molecular complexity index is 480. The molecule has 5 heteroatoms. The molecule has 0 spiro atoms. The largest absolute Gasteiger partial charge is 0.497 e. The summed E-state index contributed by atoms with van der Waals surface area (Å²) in [6.07, 6.45) is 1.24. The molecule has 1 aromatic rings. The number of rotatable bonds is 3. The van der Waals surface area contributed by atoms with E-state index in [1.807, 2.05) is 24.3 Å². The van der Waals surface area contributed by atoms with Crippen molar-refractivity contribution in [2.24, 2.45) is 5.73 Å². The molecule has 0 saturated heterocycles. The summed E-state index contributed by atoms with van der Waals surface area (Å²) in [5.74, 6) is 0.690. The van der Waals surface area contributed by atoms with Gasteiger partial charge in [0.2, 0.25) is 0 Å². The lowest BCUT2D eigenvalue weighted by Crippen LogP contribution is -2.13. The first-order chi connectivity index (χ1) is 7.45. The molecule has 1 aromatic carbocycles. The maximum Gasteiger partial charge on any atom is 0.152 e. The van der Waals surface area contributed by atoms with Crippen molar-refractivity contribution in [3.63, 3.8) is 0 Å². The van der Waals surface area contributed by atoms with Crippen molar-refractivity contribution < 1.29 is 13.2 Å². The summed E-state index contributed by atoms with van der Waals surface area (Å²) in [5, 5.41) is -0.430. The van der Waals surface area contributed by atoms with Crippen molar-refractivity contribution in [1.29, 1.82) is 0 Å². The smallest absolute Gasteiger partial charge is 0.152 e. The maximum absolute atomic E-state index is 11.4. The first-order valence-electron chi connectivity index (χ1n) is 5.03. The third kappa shape index (κ3) is 1.92. The van der Waals surface area contributed by atoms with Gasteiger partial charge in [-0.2, -0.15) is 0 Å².